The van der Waals surface area contributed by atoms with Crippen LogP contribution in [0.3, 0.4) is 0 Å². The van der Waals surface area contributed by atoms with Crippen LogP contribution < -0.4 is 15.5 Å². The number of benzene rings is 1. The summed E-state index contributed by atoms with van der Waals surface area (Å²) in [6.45, 7) is 3.01. The van der Waals surface area contributed by atoms with Gasteiger partial charge in [-0.25, -0.2) is 8.78 Å². The Kier molecular flexibility index (Phi) is 4.71. The Hall–Kier alpha value is -1.90. The smallest absolute Gasteiger partial charge is 0.151 e. The average molecular weight is 303 g/mol. The zero-order valence-corrected chi connectivity index (χ0v) is 12.3. The van der Waals surface area contributed by atoms with Crippen LogP contribution in [0.2, 0.25) is 0 Å². The number of hydrogen-bond donors (Lipinski definition) is 2. The molecule has 2 aliphatic heterocycles. The van der Waals surface area contributed by atoms with E-state index in [4.69, 9.17) is 0 Å². The van der Waals surface area contributed by atoms with E-state index in [1.54, 1.807) is 6.20 Å². The third-order valence-electron chi connectivity index (χ3n) is 3.89. The third-order valence-corrected chi connectivity index (χ3v) is 3.89. The first-order valence-corrected chi connectivity index (χ1v) is 7.59. The molecule has 0 bridgehead atoms. The Morgan fingerprint density at radius 1 is 1.09 bits per heavy atom. The van der Waals surface area contributed by atoms with Crippen molar-refractivity contribution in [2.24, 2.45) is 5.92 Å². The highest BCUT2D eigenvalue weighted by Gasteiger charge is 2.17. The number of nitrogens with zero attached hydrogens (tertiary/aromatic N) is 1. The Balaban J connectivity index is 1.81. The van der Waals surface area contributed by atoms with Crippen LogP contribution in [0.25, 0.3) is 0 Å². The number of nitrogens with one attached hydrogen (secondary N) is 2. The average Bonchev–Trinajstić information content (AvgIpc) is 2.54. The van der Waals surface area contributed by atoms with Gasteiger partial charge in [-0.05, 0) is 38.1 Å². The van der Waals surface area contributed by atoms with E-state index in [0.29, 0.717) is 24.7 Å². The highest BCUT2D eigenvalue weighted by atomic mass is 19.1. The van der Waals surface area contributed by atoms with Crippen molar-refractivity contribution in [3.63, 3.8) is 0 Å². The predicted octanol–water partition coefficient (Wildman–Crippen LogP) is 2.20. The van der Waals surface area contributed by atoms with Crippen LogP contribution in [0.4, 0.5) is 14.5 Å². The highest BCUT2D eigenvalue weighted by Crippen LogP contribution is 2.25. The van der Waals surface area contributed by atoms with Gasteiger partial charge in [0.1, 0.15) is 5.69 Å². The van der Waals surface area contributed by atoms with Crippen LogP contribution in [0.1, 0.15) is 18.4 Å². The minimum absolute atomic E-state index is 0.0316. The molecular weight excluding hydrogens is 284 g/mol. The van der Waals surface area contributed by atoms with Crippen molar-refractivity contribution >= 4 is 5.69 Å². The summed E-state index contributed by atoms with van der Waals surface area (Å²) >= 11 is 0. The van der Waals surface area contributed by atoms with Gasteiger partial charge in [-0.1, -0.05) is 17.9 Å². The molecule has 116 valence electrons. The third kappa shape index (κ3) is 3.46. The molecule has 3 nitrogen and oxygen atoms in total. The molecule has 1 aromatic rings. The van der Waals surface area contributed by atoms with Crippen LogP contribution in [0, 0.1) is 29.4 Å². The van der Waals surface area contributed by atoms with E-state index >= 15 is 0 Å². The molecule has 0 aliphatic carbocycles. The molecular formula is C17H19F2N3. The molecule has 22 heavy (non-hydrogen) atoms. The lowest BCUT2D eigenvalue weighted by Gasteiger charge is -2.25. The Morgan fingerprint density at radius 3 is 2.45 bits per heavy atom. The number of piperidine rings is 1. The maximum atomic E-state index is 14.2. The molecule has 3 rings (SSSR count). The molecule has 0 amide bonds. The lowest BCUT2D eigenvalue weighted by Crippen LogP contribution is -2.35. The normalized spacial score (nSPS) is 18.9. The molecule has 0 spiro atoms. The summed E-state index contributed by atoms with van der Waals surface area (Å²) in [5.74, 6) is 5.19. The first kappa shape index (κ1) is 15.0. The number of halogens is 2. The number of anilines is 1. The topological polar surface area (TPSA) is 27.3 Å². The van der Waals surface area contributed by atoms with E-state index < -0.39 is 11.6 Å². The van der Waals surface area contributed by atoms with Crippen molar-refractivity contribution in [2.75, 3.05) is 31.2 Å². The molecule has 1 saturated heterocycles. The van der Waals surface area contributed by atoms with Gasteiger partial charge in [0, 0.05) is 24.2 Å². The molecule has 2 heterocycles. The Morgan fingerprint density at radius 2 is 1.82 bits per heavy atom. The summed E-state index contributed by atoms with van der Waals surface area (Å²) in [7, 11) is 0. The molecule has 0 radical (unpaired) electrons. The van der Waals surface area contributed by atoms with Crippen LogP contribution >= 0.6 is 0 Å². The van der Waals surface area contributed by atoms with Crippen molar-refractivity contribution in [1.82, 2.24) is 10.6 Å². The minimum atomic E-state index is -0.581. The lowest BCUT2D eigenvalue weighted by molar-refractivity contribution is 0.447. The monoisotopic (exact) mass is 303 g/mol. The fourth-order valence-corrected chi connectivity index (χ4v) is 2.72. The lowest BCUT2D eigenvalue weighted by atomic mass is 9.98. The number of hydrogen-bond acceptors (Lipinski definition) is 3. The SMILES string of the molecule is Fc1cc(C#CC2CCNCC2)cc(F)c1N1C=CCNC1. The van der Waals surface area contributed by atoms with Crippen molar-refractivity contribution < 1.29 is 8.78 Å². The van der Waals surface area contributed by atoms with Crippen LogP contribution in [-0.4, -0.2) is 26.3 Å². The first-order chi connectivity index (χ1) is 10.7. The Bertz CT molecular complexity index is 602. The Labute approximate surface area is 129 Å². The minimum Gasteiger partial charge on any atom is -0.330 e. The standard InChI is InChI=1S/C17H19F2N3/c18-15-10-14(3-2-13-4-7-20-8-5-13)11-16(19)17(15)22-9-1-6-21-12-22/h1,9-11,13,20-21H,4-8,12H2. The molecule has 2 N–H and O–H groups in total. The largest absolute Gasteiger partial charge is 0.330 e. The van der Waals surface area contributed by atoms with E-state index in [2.05, 4.69) is 22.5 Å². The van der Waals surface area contributed by atoms with E-state index in [0.717, 1.165) is 25.9 Å². The molecule has 1 aromatic carbocycles. The second-order valence-electron chi connectivity index (χ2n) is 5.55. The van der Waals surface area contributed by atoms with Gasteiger partial charge in [-0.2, -0.15) is 0 Å². The zero-order chi connectivity index (χ0) is 15.4. The summed E-state index contributed by atoms with van der Waals surface area (Å²) in [6, 6.07) is 2.63. The van der Waals surface area contributed by atoms with Gasteiger partial charge >= 0.3 is 0 Å². The summed E-state index contributed by atoms with van der Waals surface area (Å²) in [4.78, 5) is 1.53. The van der Waals surface area contributed by atoms with Gasteiger partial charge in [0.05, 0.1) is 6.67 Å². The van der Waals surface area contributed by atoms with Gasteiger partial charge in [-0.15, -0.1) is 0 Å². The molecule has 0 unspecified atom stereocenters. The van der Waals surface area contributed by atoms with E-state index in [1.165, 1.54) is 17.0 Å². The molecule has 5 heteroatoms. The van der Waals surface area contributed by atoms with Crippen molar-refractivity contribution in [3.05, 3.63) is 41.6 Å². The van der Waals surface area contributed by atoms with E-state index in [9.17, 15) is 8.78 Å². The van der Waals surface area contributed by atoms with Gasteiger partial charge in [-0.3, -0.25) is 5.32 Å². The van der Waals surface area contributed by atoms with Crippen LogP contribution in [0.15, 0.2) is 24.4 Å². The van der Waals surface area contributed by atoms with Gasteiger partial charge in [0.2, 0.25) is 0 Å². The fourth-order valence-electron chi connectivity index (χ4n) is 2.72. The molecule has 0 aromatic heterocycles. The second-order valence-corrected chi connectivity index (χ2v) is 5.55. The number of rotatable bonds is 1. The maximum absolute atomic E-state index is 14.2. The highest BCUT2D eigenvalue weighted by molar-refractivity contribution is 5.55. The van der Waals surface area contributed by atoms with Gasteiger partial charge in [0.15, 0.2) is 11.6 Å². The maximum Gasteiger partial charge on any atom is 0.151 e. The molecule has 0 saturated carbocycles. The molecule has 1 fully saturated rings. The van der Waals surface area contributed by atoms with E-state index in [1.807, 2.05) is 6.08 Å². The molecule has 0 atom stereocenters. The van der Waals surface area contributed by atoms with Gasteiger partial charge in [0.25, 0.3) is 0 Å². The zero-order valence-electron chi connectivity index (χ0n) is 12.3. The quantitative estimate of drug-likeness (QED) is 0.779. The predicted molar refractivity (Wildman–Crippen MR) is 83.3 cm³/mol. The summed E-state index contributed by atoms with van der Waals surface area (Å²) in [5, 5.41) is 6.31. The molecule has 2 aliphatic rings. The van der Waals surface area contributed by atoms with E-state index in [-0.39, 0.29) is 5.69 Å². The second kappa shape index (κ2) is 6.91. The summed E-state index contributed by atoms with van der Waals surface area (Å²) < 4.78 is 28.5. The summed E-state index contributed by atoms with van der Waals surface area (Å²) in [6.07, 6.45) is 5.49. The summed E-state index contributed by atoms with van der Waals surface area (Å²) in [5.41, 5.74) is 0.363. The van der Waals surface area contributed by atoms with Gasteiger partial charge < -0.3 is 10.2 Å². The first-order valence-electron chi connectivity index (χ1n) is 7.59. The van der Waals surface area contributed by atoms with Crippen molar-refractivity contribution in [3.8, 4) is 11.8 Å². The fraction of sp³-hybridized carbons (Fsp3) is 0.412. The van der Waals surface area contributed by atoms with Crippen molar-refractivity contribution in [1.29, 1.82) is 0 Å². The van der Waals surface area contributed by atoms with Crippen molar-refractivity contribution in [2.45, 2.75) is 12.8 Å². The van der Waals surface area contributed by atoms with Crippen LogP contribution in [0.5, 0.6) is 0 Å². The van der Waals surface area contributed by atoms with Crippen LogP contribution in [-0.2, 0) is 0 Å².